The summed E-state index contributed by atoms with van der Waals surface area (Å²) in [6, 6.07) is 13.1. The zero-order valence-electron chi connectivity index (χ0n) is 11.8. The average molecular weight is 282 g/mol. The number of hydrogen-bond donors (Lipinski definition) is 1. The Hall–Kier alpha value is -1.71. The summed E-state index contributed by atoms with van der Waals surface area (Å²) in [5.74, 6) is 0. The molecule has 0 aliphatic heterocycles. The average Bonchev–Trinajstić information content (AvgIpc) is 2.94. The molecule has 102 valence electrons. The van der Waals surface area contributed by atoms with Gasteiger partial charge >= 0.3 is 0 Å². The van der Waals surface area contributed by atoms with Gasteiger partial charge < -0.3 is 5.32 Å². The summed E-state index contributed by atoms with van der Waals surface area (Å²) in [5.41, 5.74) is 3.69. The number of pyridine rings is 1. The van der Waals surface area contributed by atoms with Crippen LogP contribution in [0.5, 0.6) is 0 Å². The summed E-state index contributed by atoms with van der Waals surface area (Å²) in [5, 5.41) is 7.08. The smallest absolute Gasteiger partial charge is 0.0608 e. The third kappa shape index (κ3) is 2.35. The van der Waals surface area contributed by atoms with E-state index in [4.69, 9.17) is 0 Å². The maximum absolute atomic E-state index is 4.44. The molecule has 1 unspecified atom stereocenters. The van der Waals surface area contributed by atoms with Gasteiger partial charge in [-0.1, -0.05) is 31.2 Å². The molecule has 0 spiro atoms. The quantitative estimate of drug-likeness (QED) is 0.771. The van der Waals surface area contributed by atoms with Crippen molar-refractivity contribution in [2.45, 2.75) is 19.9 Å². The summed E-state index contributed by atoms with van der Waals surface area (Å²) >= 11 is 1.81. The van der Waals surface area contributed by atoms with Crippen LogP contribution in [0.3, 0.4) is 0 Å². The number of hydrogen-bond acceptors (Lipinski definition) is 3. The summed E-state index contributed by atoms with van der Waals surface area (Å²) in [6.45, 7) is 5.16. The van der Waals surface area contributed by atoms with Crippen LogP contribution in [0.1, 0.15) is 29.8 Å². The molecule has 3 aromatic rings. The van der Waals surface area contributed by atoms with E-state index >= 15 is 0 Å². The van der Waals surface area contributed by atoms with E-state index in [2.05, 4.69) is 59.9 Å². The lowest BCUT2D eigenvalue weighted by molar-refractivity contribution is 0.629. The third-order valence-electron chi connectivity index (χ3n) is 3.59. The zero-order valence-corrected chi connectivity index (χ0v) is 12.6. The second kappa shape index (κ2) is 5.73. The van der Waals surface area contributed by atoms with Gasteiger partial charge in [-0.2, -0.15) is 0 Å². The highest BCUT2D eigenvalue weighted by Crippen LogP contribution is 2.33. The Balaban J connectivity index is 2.16. The van der Waals surface area contributed by atoms with Crippen LogP contribution in [-0.4, -0.2) is 11.5 Å². The maximum atomic E-state index is 4.44. The standard InChI is InChI=1S/C17H18N2S/c1-3-18-16(14-8-5-10-19-12(14)2)15-7-4-6-13-9-11-20-17(13)15/h4-11,16,18H,3H2,1-2H3. The van der Waals surface area contributed by atoms with Crippen LogP contribution in [0.15, 0.2) is 48.0 Å². The second-order valence-corrected chi connectivity index (χ2v) is 5.77. The van der Waals surface area contributed by atoms with Gasteiger partial charge in [-0.3, -0.25) is 4.98 Å². The molecule has 0 saturated heterocycles. The van der Waals surface area contributed by atoms with Gasteiger partial charge in [-0.15, -0.1) is 11.3 Å². The number of benzene rings is 1. The van der Waals surface area contributed by atoms with E-state index in [0.29, 0.717) is 0 Å². The normalized spacial score (nSPS) is 12.7. The Morgan fingerprint density at radius 3 is 2.80 bits per heavy atom. The topological polar surface area (TPSA) is 24.9 Å². The first-order valence-electron chi connectivity index (χ1n) is 6.92. The fourth-order valence-electron chi connectivity index (χ4n) is 2.64. The Kier molecular flexibility index (Phi) is 3.81. The number of aryl methyl sites for hydroxylation is 1. The number of aromatic nitrogens is 1. The van der Waals surface area contributed by atoms with E-state index in [0.717, 1.165) is 12.2 Å². The van der Waals surface area contributed by atoms with Gasteiger partial charge in [0.2, 0.25) is 0 Å². The first kappa shape index (κ1) is 13.3. The summed E-state index contributed by atoms with van der Waals surface area (Å²) in [4.78, 5) is 4.44. The number of nitrogens with one attached hydrogen (secondary N) is 1. The van der Waals surface area contributed by atoms with E-state index in [1.54, 1.807) is 0 Å². The first-order chi connectivity index (χ1) is 9.81. The highest BCUT2D eigenvalue weighted by molar-refractivity contribution is 7.17. The van der Waals surface area contributed by atoms with E-state index in [1.807, 2.05) is 23.6 Å². The highest BCUT2D eigenvalue weighted by atomic mass is 32.1. The van der Waals surface area contributed by atoms with Gasteiger partial charge in [0, 0.05) is 16.6 Å². The summed E-state index contributed by atoms with van der Waals surface area (Å²) in [6.07, 6.45) is 1.85. The minimum absolute atomic E-state index is 0.205. The maximum Gasteiger partial charge on any atom is 0.0608 e. The van der Waals surface area contributed by atoms with Gasteiger partial charge in [0.25, 0.3) is 0 Å². The van der Waals surface area contributed by atoms with Crippen molar-refractivity contribution < 1.29 is 0 Å². The fraction of sp³-hybridized carbons (Fsp3) is 0.235. The van der Waals surface area contributed by atoms with Gasteiger partial charge in [-0.25, -0.2) is 0 Å². The molecule has 1 aromatic carbocycles. The van der Waals surface area contributed by atoms with Crippen molar-refractivity contribution in [3.63, 3.8) is 0 Å². The number of nitrogens with zero attached hydrogens (tertiary/aromatic N) is 1. The minimum atomic E-state index is 0.205. The number of fused-ring (bicyclic) bond motifs is 1. The van der Waals surface area contributed by atoms with Crippen LogP contribution >= 0.6 is 11.3 Å². The SMILES string of the molecule is CCNC(c1cccnc1C)c1cccc2ccsc12. The molecule has 20 heavy (non-hydrogen) atoms. The molecule has 2 aromatic heterocycles. The lowest BCUT2D eigenvalue weighted by Crippen LogP contribution is -2.23. The molecule has 1 N–H and O–H groups in total. The van der Waals surface area contributed by atoms with Gasteiger partial charge in [-0.05, 0) is 47.5 Å². The summed E-state index contributed by atoms with van der Waals surface area (Å²) < 4.78 is 1.36. The Bertz CT molecular complexity index is 718. The predicted octanol–water partition coefficient (Wildman–Crippen LogP) is 4.30. The molecular formula is C17H18N2S. The molecule has 2 heterocycles. The van der Waals surface area contributed by atoms with Crippen molar-refractivity contribution in [2.24, 2.45) is 0 Å². The molecule has 0 fully saturated rings. The van der Waals surface area contributed by atoms with Crippen molar-refractivity contribution >= 4 is 21.4 Å². The summed E-state index contributed by atoms with van der Waals surface area (Å²) in [7, 11) is 0. The molecule has 3 rings (SSSR count). The van der Waals surface area contributed by atoms with E-state index in [-0.39, 0.29) is 6.04 Å². The van der Waals surface area contributed by atoms with Gasteiger partial charge in [0.05, 0.1) is 6.04 Å². The Morgan fingerprint density at radius 2 is 2.00 bits per heavy atom. The predicted molar refractivity (Wildman–Crippen MR) is 86.3 cm³/mol. The molecule has 0 radical (unpaired) electrons. The molecular weight excluding hydrogens is 264 g/mol. The van der Waals surface area contributed by atoms with Crippen LogP contribution in [0.25, 0.3) is 10.1 Å². The molecule has 2 nitrogen and oxygen atoms in total. The number of thiophene rings is 1. The molecule has 1 atom stereocenters. The van der Waals surface area contributed by atoms with Crippen molar-refractivity contribution in [1.82, 2.24) is 10.3 Å². The molecule has 0 aliphatic rings. The van der Waals surface area contributed by atoms with Crippen molar-refractivity contribution in [3.8, 4) is 0 Å². The van der Waals surface area contributed by atoms with Crippen LogP contribution < -0.4 is 5.32 Å². The zero-order chi connectivity index (χ0) is 13.9. The Morgan fingerprint density at radius 1 is 1.15 bits per heavy atom. The third-order valence-corrected chi connectivity index (χ3v) is 4.57. The molecule has 3 heteroatoms. The minimum Gasteiger partial charge on any atom is -0.306 e. The van der Waals surface area contributed by atoms with Gasteiger partial charge in [0.15, 0.2) is 0 Å². The molecule has 0 amide bonds. The molecule has 0 aliphatic carbocycles. The Labute approximate surface area is 123 Å². The van der Waals surface area contributed by atoms with Crippen molar-refractivity contribution in [1.29, 1.82) is 0 Å². The van der Waals surface area contributed by atoms with E-state index in [9.17, 15) is 0 Å². The monoisotopic (exact) mass is 282 g/mol. The molecule has 0 saturated carbocycles. The van der Waals surface area contributed by atoms with Crippen molar-refractivity contribution in [2.75, 3.05) is 6.54 Å². The highest BCUT2D eigenvalue weighted by Gasteiger charge is 2.18. The second-order valence-electron chi connectivity index (χ2n) is 4.85. The van der Waals surface area contributed by atoms with Gasteiger partial charge in [0.1, 0.15) is 0 Å². The van der Waals surface area contributed by atoms with Crippen LogP contribution in [0.4, 0.5) is 0 Å². The van der Waals surface area contributed by atoms with Crippen LogP contribution in [0, 0.1) is 6.92 Å². The van der Waals surface area contributed by atoms with Crippen molar-refractivity contribution in [3.05, 3.63) is 64.8 Å². The van der Waals surface area contributed by atoms with E-state index in [1.165, 1.54) is 21.2 Å². The van der Waals surface area contributed by atoms with E-state index < -0.39 is 0 Å². The lowest BCUT2D eigenvalue weighted by atomic mass is 9.96. The van der Waals surface area contributed by atoms with Crippen LogP contribution in [0.2, 0.25) is 0 Å². The first-order valence-corrected chi connectivity index (χ1v) is 7.80. The lowest BCUT2D eigenvalue weighted by Gasteiger charge is -2.21. The molecule has 0 bridgehead atoms. The fourth-order valence-corrected chi connectivity index (χ4v) is 3.58. The van der Waals surface area contributed by atoms with Crippen LogP contribution in [-0.2, 0) is 0 Å². The number of rotatable bonds is 4. The largest absolute Gasteiger partial charge is 0.306 e.